The van der Waals surface area contributed by atoms with Gasteiger partial charge in [0.05, 0.1) is 0 Å². The predicted octanol–water partition coefficient (Wildman–Crippen LogP) is 4.99. The molecule has 2 saturated carbocycles. The highest BCUT2D eigenvalue weighted by Gasteiger charge is 2.46. The summed E-state index contributed by atoms with van der Waals surface area (Å²) in [4.78, 5) is 10.5. The molecule has 0 aromatic rings. The maximum absolute atomic E-state index is 10.5. The summed E-state index contributed by atoms with van der Waals surface area (Å²) in [5, 5.41) is 8.63. The predicted molar refractivity (Wildman–Crippen MR) is 90.7 cm³/mol. The number of unbranched alkanes of at least 4 members (excludes halogenated alkanes) is 1. The number of hydrogen-bond acceptors (Lipinski definition) is 2. The van der Waals surface area contributed by atoms with Crippen LogP contribution in [0.1, 0.15) is 58.3 Å². The van der Waals surface area contributed by atoms with Crippen LogP contribution in [-0.4, -0.2) is 22.6 Å². The van der Waals surface area contributed by atoms with Crippen molar-refractivity contribution in [3.05, 3.63) is 12.2 Å². The zero-order chi connectivity index (χ0) is 15.1. The Morgan fingerprint density at radius 2 is 2.00 bits per heavy atom. The molecular formula is C18H30O2S. The number of fused-ring (bicyclic) bond motifs is 2. The summed E-state index contributed by atoms with van der Waals surface area (Å²) in [6.07, 6.45) is 13.5. The third-order valence-corrected chi connectivity index (χ3v) is 6.59. The fraction of sp³-hybridized carbons (Fsp3) is 0.833. The second kappa shape index (κ2) is 8.87. The smallest absolute Gasteiger partial charge is 0.303 e. The van der Waals surface area contributed by atoms with E-state index in [-0.39, 0.29) is 0 Å². The molecule has 0 unspecified atom stereocenters. The lowest BCUT2D eigenvalue weighted by Gasteiger charge is -2.30. The monoisotopic (exact) mass is 310 g/mol. The summed E-state index contributed by atoms with van der Waals surface area (Å²) in [6.45, 7) is 2.27. The highest BCUT2D eigenvalue weighted by molar-refractivity contribution is 7.99. The van der Waals surface area contributed by atoms with E-state index in [0.717, 1.165) is 36.5 Å². The lowest BCUT2D eigenvalue weighted by Crippen LogP contribution is -2.24. The van der Waals surface area contributed by atoms with E-state index in [1.165, 1.54) is 43.6 Å². The van der Waals surface area contributed by atoms with Crippen molar-refractivity contribution in [2.24, 2.45) is 23.7 Å². The van der Waals surface area contributed by atoms with Gasteiger partial charge in [-0.25, -0.2) is 0 Å². The van der Waals surface area contributed by atoms with Gasteiger partial charge in [-0.2, -0.15) is 11.8 Å². The molecule has 2 bridgehead atoms. The summed E-state index contributed by atoms with van der Waals surface area (Å²) >= 11 is 2.16. The average molecular weight is 311 g/mol. The van der Waals surface area contributed by atoms with Crippen LogP contribution in [0.25, 0.3) is 0 Å². The summed E-state index contributed by atoms with van der Waals surface area (Å²) in [7, 11) is 0. The Morgan fingerprint density at radius 3 is 2.71 bits per heavy atom. The quantitative estimate of drug-likeness (QED) is 0.456. The Hall–Kier alpha value is -0.440. The third kappa shape index (κ3) is 5.05. The number of allylic oxidation sites excluding steroid dienone is 2. The Labute approximate surface area is 133 Å². The summed E-state index contributed by atoms with van der Waals surface area (Å²) in [5.74, 6) is 5.84. The van der Waals surface area contributed by atoms with Crippen molar-refractivity contribution in [3.63, 3.8) is 0 Å². The second-order valence-corrected chi connectivity index (χ2v) is 7.88. The van der Waals surface area contributed by atoms with Gasteiger partial charge in [0.1, 0.15) is 0 Å². The fourth-order valence-electron chi connectivity index (χ4n) is 4.26. The molecule has 0 heterocycles. The second-order valence-electron chi connectivity index (χ2n) is 6.73. The molecule has 2 fully saturated rings. The van der Waals surface area contributed by atoms with Crippen LogP contribution in [-0.2, 0) is 4.79 Å². The molecule has 0 aromatic carbocycles. The molecule has 2 aliphatic carbocycles. The molecule has 3 heteroatoms. The standard InChI is InChI=1S/C18H30O2S/c1-2-11-21-13-17-15-10-9-14(12-15)16(17)7-5-3-4-6-8-18(19)20/h3,5,14-17H,2,4,6-13H2,1H3,(H,19,20)/t14-,15+,16-,17+/m0/s1. The van der Waals surface area contributed by atoms with Crippen molar-refractivity contribution < 1.29 is 9.90 Å². The largest absolute Gasteiger partial charge is 0.481 e. The van der Waals surface area contributed by atoms with Crippen molar-refractivity contribution in [1.82, 2.24) is 0 Å². The highest BCUT2D eigenvalue weighted by Crippen LogP contribution is 2.54. The van der Waals surface area contributed by atoms with Gasteiger partial charge in [-0.05, 0) is 80.1 Å². The Balaban J connectivity index is 1.72. The van der Waals surface area contributed by atoms with E-state index in [0.29, 0.717) is 6.42 Å². The topological polar surface area (TPSA) is 37.3 Å². The van der Waals surface area contributed by atoms with Gasteiger partial charge in [-0.1, -0.05) is 19.1 Å². The zero-order valence-corrected chi connectivity index (χ0v) is 14.1. The van der Waals surface area contributed by atoms with Crippen LogP contribution in [0.4, 0.5) is 0 Å². The number of carboxylic acid groups (broad SMARTS) is 1. The molecular weight excluding hydrogens is 280 g/mol. The van der Waals surface area contributed by atoms with E-state index in [2.05, 4.69) is 30.8 Å². The third-order valence-electron chi connectivity index (χ3n) is 5.27. The first kappa shape index (κ1) is 16.9. The van der Waals surface area contributed by atoms with Crippen molar-refractivity contribution in [1.29, 1.82) is 0 Å². The van der Waals surface area contributed by atoms with Gasteiger partial charge in [-0.15, -0.1) is 0 Å². The molecule has 0 aromatic heterocycles. The van der Waals surface area contributed by atoms with Crippen molar-refractivity contribution in [3.8, 4) is 0 Å². The molecule has 4 atom stereocenters. The van der Waals surface area contributed by atoms with Crippen LogP contribution >= 0.6 is 11.8 Å². The molecule has 0 aliphatic heterocycles. The molecule has 0 spiro atoms. The number of hydrogen-bond donors (Lipinski definition) is 1. The van der Waals surface area contributed by atoms with Gasteiger partial charge in [0.15, 0.2) is 0 Å². The van der Waals surface area contributed by atoms with Gasteiger partial charge in [0.25, 0.3) is 0 Å². The van der Waals surface area contributed by atoms with E-state index in [4.69, 9.17) is 5.11 Å². The number of thioether (sulfide) groups is 1. The van der Waals surface area contributed by atoms with E-state index in [1.54, 1.807) is 0 Å². The minimum absolute atomic E-state index is 0.300. The Kier molecular flexibility index (Phi) is 7.15. The van der Waals surface area contributed by atoms with E-state index in [9.17, 15) is 4.79 Å². The van der Waals surface area contributed by atoms with E-state index in [1.807, 2.05) is 0 Å². The first-order chi connectivity index (χ1) is 10.2. The normalized spacial score (nSPS) is 31.3. The van der Waals surface area contributed by atoms with Gasteiger partial charge < -0.3 is 5.11 Å². The molecule has 120 valence electrons. The first-order valence-corrected chi connectivity index (χ1v) is 9.82. The molecule has 0 radical (unpaired) electrons. The summed E-state index contributed by atoms with van der Waals surface area (Å²) in [5.41, 5.74) is 0. The highest BCUT2D eigenvalue weighted by atomic mass is 32.2. The van der Waals surface area contributed by atoms with Crippen molar-refractivity contribution >= 4 is 17.7 Å². The number of carbonyl (C=O) groups is 1. The molecule has 1 N–H and O–H groups in total. The minimum Gasteiger partial charge on any atom is -0.481 e. The number of aliphatic carboxylic acids is 1. The van der Waals surface area contributed by atoms with Gasteiger partial charge in [0.2, 0.25) is 0 Å². The van der Waals surface area contributed by atoms with Crippen LogP contribution < -0.4 is 0 Å². The number of rotatable bonds is 10. The molecule has 2 aliphatic rings. The SMILES string of the molecule is CCCSC[C@@H]1[C@@H]2CC[C@@H](C2)[C@@H]1CC=CCCCC(=O)O. The fourth-order valence-corrected chi connectivity index (χ4v) is 5.51. The minimum atomic E-state index is -0.676. The first-order valence-electron chi connectivity index (χ1n) is 8.67. The van der Waals surface area contributed by atoms with Gasteiger partial charge in [-0.3, -0.25) is 4.79 Å². The van der Waals surface area contributed by atoms with Gasteiger partial charge in [0, 0.05) is 6.42 Å². The van der Waals surface area contributed by atoms with Crippen LogP contribution in [0.3, 0.4) is 0 Å². The lowest BCUT2D eigenvalue weighted by atomic mass is 9.78. The van der Waals surface area contributed by atoms with Gasteiger partial charge >= 0.3 is 5.97 Å². The molecule has 2 rings (SSSR count). The summed E-state index contributed by atoms with van der Waals surface area (Å²) in [6, 6.07) is 0. The maximum Gasteiger partial charge on any atom is 0.303 e. The Morgan fingerprint density at radius 1 is 1.24 bits per heavy atom. The van der Waals surface area contributed by atoms with Crippen LogP contribution in [0.2, 0.25) is 0 Å². The molecule has 0 amide bonds. The van der Waals surface area contributed by atoms with Crippen LogP contribution in [0.5, 0.6) is 0 Å². The van der Waals surface area contributed by atoms with Crippen LogP contribution in [0, 0.1) is 23.7 Å². The molecule has 0 saturated heterocycles. The van der Waals surface area contributed by atoms with Crippen molar-refractivity contribution in [2.75, 3.05) is 11.5 Å². The average Bonchev–Trinajstić information content (AvgIpc) is 3.04. The van der Waals surface area contributed by atoms with Crippen molar-refractivity contribution in [2.45, 2.75) is 58.3 Å². The van der Waals surface area contributed by atoms with E-state index < -0.39 is 5.97 Å². The Bertz CT molecular complexity index is 353. The molecule has 2 nitrogen and oxygen atoms in total. The van der Waals surface area contributed by atoms with Crippen LogP contribution in [0.15, 0.2) is 12.2 Å². The molecule has 21 heavy (non-hydrogen) atoms. The maximum atomic E-state index is 10.5. The summed E-state index contributed by atoms with van der Waals surface area (Å²) < 4.78 is 0. The van der Waals surface area contributed by atoms with E-state index >= 15 is 0 Å². The zero-order valence-electron chi connectivity index (χ0n) is 13.3. The number of carboxylic acids is 1. The lowest BCUT2D eigenvalue weighted by molar-refractivity contribution is -0.137.